The van der Waals surface area contributed by atoms with Gasteiger partial charge in [-0.05, 0) is 49.9 Å². The molecule has 2 amide bonds. The fourth-order valence-corrected chi connectivity index (χ4v) is 2.60. The second-order valence-electron chi connectivity index (χ2n) is 6.95. The largest absolute Gasteiger partial charge is 0.480 e. The van der Waals surface area contributed by atoms with Gasteiger partial charge in [0.05, 0.1) is 6.07 Å². The van der Waals surface area contributed by atoms with Crippen molar-refractivity contribution in [2.24, 2.45) is 5.92 Å². The maximum absolute atomic E-state index is 12.8. The number of carbonyl (C=O) groups excluding carboxylic acids is 2. The molecule has 0 heterocycles. The molecule has 0 saturated carbocycles. The van der Waals surface area contributed by atoms with E-state index in [0.29, 0.717) is 10.6 Å². The zero-order valence-electron chi connectivity index (χ0n) is 15.6. The van der Waals surface area contributed by atoms with E-state index in [9.17, 15) is 19.5 Å². The van der Waals surface area contributed by atoms with Crippen LogP contribution in [0.4, 0.5) is 0 Å². The molecular weight excluding hydrogens is 370 g/mol. The molecule has 7 nitrogen and oxygen atoms in total. The van der Waals surface area contributed by atoms with Crippen LogP contribution in [-0.2, 0) is 9.59 Å². The summed E-state index contributed by atoms with van der Waals surface area (Å²) in [7, 11) is 0. The molecule has 0 saturated heterocycles. The van der Waals surface area contributed by atoms with Crippen molar-refractivity contribution in [1.82, 2.24) is 10.6 Å². The SMILES string of the molecule is CC(C)C[C@H](NC(=O)C(C)(CCC#N)NC(=O)c1ccc(Cl)cc1)C(=O)O. The number of halogens is 1. The van der Waals surface area contributed by atoms with Crippen LogP contribution in [0.25, 0.3) is 0 Å². The van der Waals surface area contributed by atoms with Gasteiger partial charge in [0, 0.05) is 17.0 Å². The van der Waals surface area contributed by atoms with E-state index in [0.717, 1.165) is 0 Å². The lowest BCUT2D eigenvalue weighted by Crippen LogP contribution is -2.59. The number of aliphatic carboxylic acids is 1. The Kier molecular flexibility index (Phi) is 8.26. The Labute approximate surface area is 163 Å². The minimum atomic E-state index is -1.43. The average Bonchev–Trinajstić information content (AvgIpc) is 2.59. The predicted octanol–water partition coefficient (Wildman–Crippen LogP) is 2.75. The third kappa shape index (κ3) is 6.91. The van der Waals surface area contributed by atoms with E-state index in [1.807, 2.05) is 19.9 Å². The number of carboxylic acids is 1. The van der Waals surface area contributed by atoms with E-state index in [1.54, 1.807) is 12.1 Å². The smallest absolute Gasteiger partial charge is 0.326 e. The number of amides is 2. The van der Waals surface area contributed by atoms with Gasteiger partial charge in [0.25, 0.3) is 5.91 Å². The van der Waals surface area contributed by atoms with E-state index in [2.05, 4.69) is 10.6 Å². The summed E-state index contributed by atoms with van der Waals surface area (Å²) in [5.74, 6) is -2.25. The Hall–Kier alpha value is -2.59. The van der Waals surface area contributed by atoms with Crippen LogP contribution in [0.15, 0.2) is 24.3 Å². The number of nitrogens with zero attached hydrogens (tertiary/aromatic N) is 1. The predicted molar refractivity (Wildman–Crippen MR) is 101 cm³/mol. The average molecular weight is 394 g/mol. The highest BCUT2D eigenvalue weighted by Crippen LogP contribution is 2.17. The maximum Gasteiger partial charge on any atom is 0.326 e. The van der Waals surface area contributed by atoms with E-state index in [1.165, 1.54) is 19.1 Å². The lowest BCUT2D eigenvalue weighted by molar-refractivity contribution is -0.143. The third-order valence-corrected chi connectivity index (χ3v) is 4.30. The molecule has 0 aliphatic carbocycles. The van der Waals surface area contributed by atoms with Gasteiger partial charge in [-0.25, -0.2) is 4.79 Å². The Balaban J connectivity index is 3.00. The number of nitrogens with one attached hydrogen (secondary N) is 2. The van der Waals surface area contributed by atoms with Crippen molar-refractivity contribution < 1.29 is 19.5 Å². The van der Waals surface area contributed by atoms with Crippen molar-refractivity contribution in [1.29, 1.82) is 5.26 Å². The molecule has 1 unspecified atom stereocenters. The van der Waals surface area contributed by atoms with Crippen LogP contribution in [-0.4, -0.2) is 34.5 Å². The number of benzene rings is 1. The number of carboxylic acid groups (broad SMARTS) is 1. The van der Waals surface area contributed by atoms with Crippen molar-refractivity contribution in [3.8, 4) is 6.07 Å². The molecule has 0 bridgehead atoms. The molecule has 1 rings (SSSR count). The Morgan fingerprint density at radius 2 is 1.85 bits per heavy atom. The molecule has 0 aliphatic heterocycles. The Morgan fingerprint density at radius 3 is 2.33 bits per heavy atom. The molecule has 27 heavy (non-hydrogen) atoms. The van der Waals surface area contributed by atoms with Crippen LogP contribution in [0.1, 0.15) is 50.4 Å². The lowest BCUT2D eigenvalue weighted by Gasteiger charge is -2.30. The molecule has 1 aromatic rings. The standard InChI is InChI=1S/C19H24ClN3O4/c1-12(2)11-15(17(25)26)22-18(27)19(3,9-4-10-21)23-16(24)13-5-7-14(20)8-6-13/h5-8,12,15H,4,9,11H2,1-3H3,(H,22,27)(H,23,24)(H,25,26)/t15-,19?/m0/s1. The van der Waals surface area contributed by atoms with Crippen molar-refractivity contribution >= 4 is 29.4 Å². The summed E-state index contributed by atoms with van der Waals surface area (Å²) in [6.45, 7) is 5.17. The zero-order chi connectivity index (χ0) is 20.6. The maximum atomic E-state index is 12.8. The van der Waals surface area contributed by atoms with E-state index >= 15 is 0 Å². The van der Waals surface area contributed by atoms with Crippen LogP contribution >= 0.6 is 11.6 Å². The van der Waals surface area contributed by atoms with Crippen LogP contribution in [0.5, 0.6) is 0 Å². The molecule has 3 N–H and O–H groups in total. The number of nitriles is 1. The minimum Gasteiger partial charge on any atom is -0.480 e. The van der Waals surface area contributed by atoms with Gasteiger partial charge in [-0.1, -0.05) is 25.4 Å². The lowest BCUT2D eigenvalue weighted by atomic mass is 9.93. The highest BCUT2D eigenvalue weighted by Gasteiger charge is 2.37. The third-order valence-electron chi connectivity index (χ3n) is 4.04. The minimum absolute atomic E-state index is 0.0206. The normalized spacial score (nSPS) is 13.9. The molecule has 0 spiro atoms. The van der Waals surface area contributed by atoms with Gasteiger partial charge in [0.2, 0.25) is 5.91 Å². The van der Waals surface area contributed by atoms with Crippen molar-refractivity contribution in [3.63, 3.8) is 0 Å². The van der Waals surface area contributed by atoms with Crippen LogP contribution < -0.4 is 10.6 Å². The summed E-state index contributed by atoms with van der Waals surface area (Å²) < 4.78 is 0. The first kappa shape index (κ1) is 22.5. The van der Waals surface area contributed by atoms with Crippen molar-refractivity contribution in [2.45, 2.75) is 51.6 Å². The molecule has 2 atom stereocenters. The van der Waals surface area contributed by atoms with Gasteiger partial charge >= 0.3 is 5.97 Å². The zero-order valence-corrected chi connectivity index (χ0v) is 16.3. The quantitative estimate of drug-likeness (QED) is 0.595. The summed E-state index contributed by atoms with van der Waals surface area (Å²) in [6, 6.07) is 6.99. The van der Waals surface area contributed by atoms with Crippen LogP contribution in [0.3, 0.4) is 0 Å². The Bertz CT molecular complexity index is 727. The topological polar surface area (TPSA) is 119 Å². The second-order valence-corrected chi connectivity index (χ2v) is 7.38. The van der Waals surface area contributed by atoms with Crippen molar-refractivity contribution in [2.75, 3.05) is 0 Å². The molecule has 146 valence electrons. The second kappa shape index (κ2) is 9.93. The molecule has 0 fully saturated rings. The van der Waals surface area contributed by atoms with E-state index in [4.69, 9.17) is 16.9 Å². The first-order chi connectivity index (χ1) is 12.6. The summed E-state index contributed by atoms with van der Waals surface area (Å²) in [4.78, 5) is 36.7. The molecule has 1 aromatic carbocycles. The van der Waals surface area contributed by atoms with Gasteiger partial charge in [-0.2, -0.15) is 5.26 Å². The summed E-state index contributed by atoms with van der Waals surface area (Å²) in [5.41, 5.74) is -1.13. The summed E-state index contributed by atoms with van der Waals surface area (Å²) in [6.07, 6.45) is 0.315. The number of rotatable bonds is 9. The first-order valence-corrected chi connectivity index (χ1v) is 8.95. The Morgan fingerprint density at radius 1 is 1.26 bits per heavy atom. The molecule has 0 aromatic heterocycles. The molecule has 0 aliphatic rings. The van der Waals surface area contributed by atoms with Gasteiger partial charge in [0.1, 0.15) is 11.6 Å². The molecule has 8 heteroatoms. The monoisotopic (exact) mass is 393 g/mol. The van der Waals surface area contributed by atoms with Gasteiger partial charge in [0.15, 0.2) is 0 Å². The first-order valence-electron chi connectivity index (χ1n) is 8.58. The van der Waals surface area contributed by atoms with E-state index < -0.39 is 29.4 Å². The molecular formula is C19H24ClN3O4. The van der Waals surface area contributed by atoms with Crippen LogP contribution in [0.2, 0.25) is 5.02 Å². The number of hydrogen-bond acceptors (Lipinski definition) is 4. The van der Waals surface area contributed by atoms with Gasteiger partial charge in [-0.15, -0.1) is 0 Å². The van der Waals surface area contributed by atoms with Gasteiger partial charge in [-0.3, -0.25) is 9.59 Å². The summed E-state index contributed by atoms with van der Waals surface area (Å²) in [5, 5.41) is 23.8. The fraction of sp³-hybridized carbons (Fsp3) is 0.474. The summed E-state index contributed by atoms with van der Waals surface area (Å²) >= 11 is 5.81. The fourth-order valence-electron chi connectivity index (χ4n) is 2.47. The molecule has 0 radical (unpaired) electrons. The highest BCUT2D eigenvalue weighted by molar-refractivity contribution is 6.30. The van der Waals surface area contributed by atoms with E-state index in [-0.39, 0.29) is 25.2 Å². The number of carbonyl (C=O) groups is 3. The van der Waals surface area contributed by atoms with Crippen LogP contribution in [0, 0.1) is 17.2 Å². The van der Waals surface area contributed by atoms with Gasteiger partial charge < -0.3 is 15.7 Å². The highest BCUT2D eigenvalue weighted by atomic mass is 35.5. The van der Waals surface area contributed by atoms with Crippen molar-refractivity contribution in [3.05, 3.63) is 34.9 Å². The number of hydrogen-bond donors (Lipinski definition) is 3.